The van der Waals surface area contributed by atoms with Crippen LogP contribution in [-0.4, -0.2) is 62.2 Å². The molecule has 1 saturated heterocycles. The van der Waals surface area contributed by atoms with Crippen molar-refractivity contribution in [1.82, 2.24) is 20.5 Å². The van der Waals surface area contributed by atoms with E-state index in [0.717, 1.165) is 57.0 Å². The summed E-state index contributed by atoms with van der Waals surface area (Å²) in [6.45, 7) is 8.90. The first kappa shape index (κ1) is 20.9. The third-order valence-corrected chi connectivity index (χ3v) is 5.98. The van der Waals surface area contributed by atoms with E-state index in [4.69, 9.17) is 4.99 Å². The number of hydrogen-bond donors (Lipinski definition) is 2. The molecule has 0 unspecified atom stereocenters. The summed E-state index contributed by atoms with van der Waals surface area (Å²) in [6, 6.07) is 4.18. The second-order valence-electron chi connectivity index (χ2n) is 8.19. The Hall–Kier alpha value is -1.82. The number of pyridine rings is 1. The monoisotopic (exact) mass is 386 g/mol. The van der Waals surface area contributed by atoms with Gasteiger partial charge in [0.1, 0.15) is 5.82 Å². The van der Waals surface area contributed by atoms with E-state index in [0.29, 0.717) is 6.54 Å². The number of aliphatic imine (C=N–C) groups is 1. The molecule has 2 aliphatic rings. The number of piperazine rings is 1. The van der Waals surface area contributed by atoms with Gasteiger partial charge >= 0.3 is 0 Å². The van der Waals surface area contributed by atoms with E-state index in [1.165, 1.54) is 44.1 Å². The highest BCUT2D eigenvalue weighted by Crippen LogP contribution is 2.28. The molecule has 2 N–H and O–H groups in total. The van der Waals surface area contributed by atoms with Crippen LogP contribution in [0.3, 0.4) is 0 Å². The molecule has 2 heterocycles. The van der Waals surface area contributed by atoms with E-state index in [-0.39, 0.29) is 0 Å². The highest BCUT2D eigenvalue weighted by molar-refractivity contribution is 5.79. The van der Waals surface area contributed by atoms with Crippen LogP contribution < -0.4 is 15.5 Å². The first-order chi connectivity index (χ1) is 13.8. The fourth-order valence-corrected chi connectivity index (χ4v) is 4.26. The molecule has 1 aromatic rings. The number of likely N-dealkylation sites (N-methyl/N-ethyl adjacent to an activating group) is 1. The average Bonchev–Trinajstić information content (AvgIpc) is 3.24. The molecule has 28 heavy (non-hydrogen) atoms. The van der Waals surface area contributed by atoms with Crippen molar-refractivity contribution in [2.75, 3.05) is 51.2 Å². The molecular weight excluding hydrogens is 348 g/mol. The molecule has 0 radical (unpaired) electrons. The maximum absolute atomic E-state index is 4.84. The second kappa shape index (κ2) is 11.2. The largest absolute Gasteiger partial charge is 0.357 e. The van der Waals surface area contributed by atoms with E-state index in [2.05, 4.69) is 45.5 Å². The minimum absolute atomic E-state index is 0.660. The molecule has 156 valence electrons. The summed E-state index contributed by atoms with van der Waals surface area (Å²) >= 11 is 0. The van der Waals surface area contributed by atoms with Crippen molar-refractivity contribution in [2.24, 2.45) is 10.9 Å². The number of guanidine groups is 1. The predicted octanol–water partition coefficient (Wildman–Crippen LogP) is 2.86. The highest BCUT2D eigenvalue weighted by atomic mass is 15.3. The molecule has 0 bridgehead atoms. The van der Waals surface area contributed by atoms with Gasteiger partial charge in [-0.05, 0) is 38.8 Å². The molecule has 1 aromatic heterocycles. The summed E-state index contributed by atoms with van der Waals surface area (Å²) in [5.74, 6) is 2.97. The molecule has 6 heteroatoms. The van der Waals surface area contributed by atoms with Crippen LogP contribution in [0.15, 0.2) is 23.3 Å². The summed E-state index contributed by atoms with van der Waals surface area (Å²) in [4.78, 5) is 14.3. The number of rotatable bonds is 8. The van der Waals surface area contributed by atoms with E-state index in [1.54, 1.807) is 0 Å². The summed E-state index contributed by atoms with van der Waals surface area (Å²) < 4.78 is 0. The molecule has 0 spiro atoms. The van der Waals surface area contributed by atoms with Gasteiger partial charge in [-0.2, -0.15) is 0 Å². The van der Waals surface area contributed by atoms with Gasteiger partial charge in [0, 0.05) is 51.0 Å². The van der Waals surface area contributed by atoms with Crippen molar-refractivity contribution < 1.29 is 0 Å². The van der Waals surface area contributed by atoms with Crippen LogP contribution in [0.2, 0.25) is 0 Å². The fourth-order valence-electron chi connectivity index (χ4n) is 4.26. The summed E-state index contributed by atoms with van der Waals surface area (Å²) in [6.07, 6.45) is 10.2. The number of anilines is 1. The molecule has 1 aliphatic heterocycles. The first-order valence-corrected chi connectivity index (χ1v) is 11.2. The van der Waals surface area contributed by atoms with E-state index < -0.39 is 0 Å². The van der Waals surface area contributed by atoms with Gasteiger partial charge in [0.05, 0.1) is 6.54 Å². The van der Waals surface area contributed by atoms with Crippen LogP contribution in [0.25, 0.3) is 0 Å². The first-order valence-electron chi connectivity index (χ1n) is 11.2. The van der Waals surface area contributed by atoms with Crippen LogP contribution in [-0.2, 0) is 6.54 Å². The third kappa shape index (κ3) is 6.36. The molecule has 0 atom stereocenters. The van der Waals surface area contributed by atoms with Gasteiger partial charge in [-0.1, -0.05) is 31.7 Å². The number of aromatic nitrogens is 1. The Labute approximate surface area is 170 Å². The SMILES string of the molecule is CCNC(=NCc1cccnc1N1CCN(C)CC1)NCCCC1CCCC1. The van der Waals surface area contributed by atoms with Gasteiger partial charge < -0.3 is 20.4 Å². The van der Waals surface area contributed by atoms with Crippen molar-refractivity contribution in [3.8, 4) is 0 Å². The lowest BCUT2D eigenvalue weighted by Gasteiger charge is -2.34. The minimum atomic E-state index is 0.660. The van der Waals surface area contributed by atoms with Crippen LogP contribution in [0.1, 0.15) is 51.0 Å². The third-order valence-electron chi connectivity index (χ3n) is 5.98. The molecule has 0 aromatic carbocycles. The van der Waals surface area contributed by atoms with Crippen LogP contribution in [0.4, 0.5) is 5.82 Å². The Morgan fingerprint density at radius 1 is 1.18 bits per heavy atom. The normalized spacial score (nSPS) is 19.2. The molecule has 3 rings (SSSR count). The van der Waals surface area contributed by atoms with Crippen molar-refractivity contribution in [3.63, 3.8) is 0 Å². The van der Waals surface area contributed by atoms with Crippen LogP contribution in [0.5, 0.6) is 0 Å². The predicted molar refractivity (Wildman–Crippen MR) is 118 cm³/mol. The Morgan fingerprint density at radius 3 is 2.71 bits per heavy atom. The van der Waals surface area contributed by atoms with Gasteiger partial charge in [-0.15, -0.1) is 0 Å². The van der Waals surface area contributed by atoms with Crippen LogP contribution >= 0.6 is 0 Å². The average molecular weight is 387 g/mol. The summed E-state index contributed by atoms with van der Waals surface area (Å²) in [7, 11) is 2.18. The van der Waals surface area contributed by atoms with Gasteiger partial charge in [0.25, 0.3) is 0 Å². The molecule has 0 amide bonds. The lowest BCUT2D eigenvalue weighted by Crippen LogP contribution is -2.45. The molecule has 1 saturated carbocycles. The van der Waals surface area contributed by atoms with Crippen LogP contribution in [0, 0.1) is 5.92 Å². The Morgan fingerprint density at radius 2 is 1.96 bits per heavy atom. The van der Waals surface area contributed by atoms with E-state index in [1.807, 2.05) is 12.3 Å². The van der Waals surface area contributed by atoms with Gasteiger partial charge in [0.15, 0.2) is 5.96 Å². The topological polar surface area (TPSA) is 55.8 Å². The van der Waals surface area contributed by atoms with Crippen molar-refractivity contribution in [3.05, 3.63) is 23.9 Å². The summed E-state index contributed by atoms with van der Waals surface area (Å²) in [5.41, 5.74) is 1.20. The fraction of sp³-hybridized carbons (Fsp3) is 0.727. The Balaban J connectivity index is 1.53. The van der Waals surface area contributed by atoms with Crippen molar-refractivity contribution in [1.29, 1.82) is 0 Å². The quantitative estimate of drug-likeness (QED) is 0.409. The second-order valence-corrected chi connectivity index (χ2v) is 8.19. The Kier molecular flexibility index (Phi) is 8.40. The Bertz CT molecular complexity index is 603. The zero-order valence-corrected chi connectivity index (χ0v) is 17.8. The van der Waals surface area contributed by atoms with Crippen molar-refractivity contribution >= 4 is 11.8 Å². The van der Waals surface area contributed by atoms with Gasteiger partial charge in [-0.25, -0.2) is 9.98 Å². The zero-order chi connectivity index (χ0) is 19.6. The minimum Gasteiger partial charge on any atom is -0.357 e. The molecule has 1 aliphatic carbocycles. The van der Waals surface area contributed by atoms with Crippen molar-refractivity contribution in [2.45, 2.75) is 52.0 Å². The standard InChI is InChI=1S/C22H38N6/c1-3-23-22(25-13-6-10-19-8-4-5-9-19)26-18-20-11-7-12-24-21(20)28-16-14-27(2)15-17-28/h7,11-12,19H,3-6,8-10,13-18H2,1-2H3,(H2,23,25,26). The zero-order valence-electron chi connectivity index (χ0n) is 17.8. The smallest absolute Gasteiger partial charge is 0.191 e. The van der Waals surface area contributed by atoms with E-state index in [9.17, 15) is 0 Å². The highest BCUT2D eigenvalue weighted by Gasteiger charge is 2.18. The molecular formula is C22H38N6. The lowest BCUT2D eigenvalue weighted by atomic mass is 10.0. The van der Waals surface area contributed by atoms with Gasteiger partial charge in [-0.3, -0.25) is 0 Å². The van der Waals surface area contributed by atoms with E-state index >= 15 is 0 Å². The van der Waals surface area contributed by atoms with Gasteiger partial charge in [0.2, 0.25) is 0 Å². The maximum Gasteiger partial charge on any atom is 0.191 e. The number of nitrogens with one attached hydrogen (secondary N) is 2. The lowest BCUT2D eigenvalue weighted by molar-refractivity contribution is 0.312. The summed E-state index contributed by atoms with van der Waals surface area (Å²) in [5, 5.41) is 6.90. The number of hydrogen-bond acceptors (Lipinski definition) is 4. The number of nitrogens with zero attached hydrogens (tertiary/aromatic N) is 4. The maximum atomic E-state index is 4.84. The molecule has 6 nitrogen and oxygen atoms in total. The molecule has 2 fully saturated rings.